The van der Waals surface area contributed by atoms with Gasteiger partial charge >= 0.3 is 0 Å². The molecule has 4 rings (SSSR count). The number of hydrogen-bond donors (Lipinski definition) is 1. The number of pyridine rings is 1. The third-order valence-corrected chi connectivity index (χ3v) is 4.72. The zero-order chi connectivity index (χ0) is 21.1. The fraction of sp³-hybridized carbons (Fsp3) is 0.0909. The van der Waals surface area contributed by atoms with Gasteiger partial charge in [0.1, 0.15) is 18.0 Å². The first-order valence-corrected chi connectivity index (χ1v) is 9.52. The lowest BCUT2D eigenvalue weighted by Crippen LogP contribution is -2.38. The molecule has 2 aromatic carbocycles. The maximum Gasteiger partial charge on any atom is 0.244 e. The zero-order valence-corrected chi connectivity index (χ0v) is 16.4. The Bertz CT molecular complexity index is 1150. The van der Waals surface area contributed by atoms with E-state index in [0.29, 0.717) is 27.9 Å². The van der Waals surface area contributed by atoms with E-state index in [4.69, 9.17) is 11.6 Å². The molecule has 1 aliphatic rings. The minimum absolute atomic E-state index is 0.0134. The van der Waals surface area contributed by atoms with Gasteiger partial charge in [-0.2, -0.15) is 0 Å². The summed E-state index contributed by atoms with van der Waals surface area (Å²) in [6, 6.07) is 15.9. The molecule has 2 heterocycles. The Balaban J connectivity index is 1.61. The Labute approximate surface area is 177 Å². The molecule has 30 heavy (non-hydrogen) atoms. The van der Waals surface area contributed by atoms with E-state index in [1.165, 1.54) is 35.4 Å². The fourth-order valence-electron chi connectivity index (χ4n) is 3.10. The topological polar surface area (TPSA) is 74.7 Å². The van der Waals surface area contributed by atoms with Crippen LogP contribution in [0.5, 0.6) is 0 Å². The summed E-state index contributed by atoms with van der Waals surface area (Å²) in [5, 5.41) is 3.19. The normalized spacial score (nSPS) is 13.3. The third kappa shape index (κ3) is 4.36. The van der Waals surface area contributed by atoms with E-state index in [-0.39, 0.29) is 18.9 Å². The summed E-state index contributed by atoms with van der Waals surface area (Å²) in [5.74, 6) is -0.855. The first-order valence-electron chi connectivity index (χ1n) is 9.14. The van der Waals surface area contributed by atoms with Gasteiger partial charge in [-0.15, -0.1) is 0 Å². The van der Waals surface area contributed by atoms with E-state index >= 15 is 0 Å². The molecular formula is C22H16ClFN4O2. The van der Waals surface area contributed by atoms with E-state index in [9.17, 15) is 14.0 Å². The number of amides is 2. The van der Waals surface area contributed by atoms with Crippen molar-refractivity contribution in [2.45, 2.75) is 6.42 Å². The first kappa shape index (κ1) is 19.7. The van der Waals surface area contributed by atoms with Gasteiger partial charge in [-0.1, -0.05) is 23.7 Å². The standard InChI is InChI=1S/C22H16ClFN4O2/c23-15-4-1-3-14(11-15)19-12-21(30)28(22-18(27-19)5-2-10-25-22)13-20(29)26-17-8-6-16(24)7-9-17/h1-11H,12-13H2,(H,26,29). The van der Waals surface area contributed by atoms with E-state index in [1.54, 1.807) is 30.3 Å². The molecule has 0 saturated carbocycles. The van der Waals surface area contributed by atoms with Crippen LogP contribution in [0.25, 0.3) is 0 Å². The van der Waals surface area contributed by atoms with Crippen molar-refractivity contribution in [3.63, 3.8) is 0 Å². The van der Waals surface area contributed by atoms with Gasteiger partial charge < -0.3 is 5.32 Å². The van der Waals surface area contributed by atoms with Crippen LogP contribution >= 0.6 is 11.6 Å². The van der Waals surface area contributed by atoms with Gasteiger partial charge in [0, 0.05) is 16.9 Å². The molecule has 3 aromatic rings. The summed E-state index contributed by atoms with van der Waals surface area (Å²) < 4.78 is 13.1. The van der Waals surface area contributed by atoms with Crippen LogP contribution in [0.4, 0.5) is 21.6 Å². The Hall–Kier alpha value is -3.58. The molecule has 2 amide bonds. The predicted octanol–water partition coefficient (Wildman–Crippen LogP) is 4.37. The summed E-state index contributed by atoms with van der Waals surface area (Å²) in [5.41, 5.74) is 2.18. The molecule has 0 radical (unpaired) electrons. The molecule has 0 bridgehead atoms. The van der Waals surface area contributed by atoms with Crippen LogP contribution in [0.1, 0.15) is 12.0 Å². The molecule has 0 fully saturated rings. The highest BCUT2D eigenvalue weighted by Crippen LogP contribution is 2.31. The van der Waals surface area contributed by atoms with Crippen molar-refractivity contribution >= 4 is 46.3 Å². The highest BCUT2D eigenvalue weighted by Gasteiger charge is 2.27. The Morgan fingerprint density at radius 1 is 1.13 bits per heavy atom. The SMILES string of the molecule is O=C(CN1C(=O)CC(c2cccc(Cl)c2)=Nc2cccnc21)Nc1ccc(F)cc1. The maximum absolute atomic E-state index is 13.1. The molecular weight excluding hydrogens is 407 g/mol. The lowest BCUT2D eigenvalue weighted by atomic mass is 10.1. The molecule has 1 aromatic heterocycles. The number of fused-ring (bicyclic) bond motifs is 1. The number of anilines is 2. The molecule has 0 unspecified atom stereocenters. The van der Waals surface area contributed by atoms with Crippen LogP contribution < -0.4 is 10.2 Å². The lowest BCUT2D eigenvalue weighted by Gasteiger charge is -2.20. The van der Waals surface area contributed by atoms with Gasteiger partial charge in [-0.05, 0) is 54.1 Å². The van der Waals surface area contributed by atoms with Crippen molar-refractivity contribution in [3.8, 4) is 0 Å². The number of rotatable bonds is 4. The van der Waals surface area contributed by atoms with Gasteiger partial charge in [0.25, 0.3) is 0 Å². The van der Waals surface area contributed by atoms with Crippen LogP contribution in [0.2, 0.25) is 5.02 Å². The summed E-state index contributed by atoms with van der Waals surface area (Å²) in [6.45, 7) is -0.251. The summed E-state index contributed by atoms with van der Waals surface area (Å²) >= 11 is 6.09. The largest absolute Gasteiger partial charge is 0.325 e. The number of aromatic nitrogens is 1. The maximum atomic E-state index is 13.1. The van der Waals surface area contributed by atoms with Gasteiger partial charge in [-0.25, -0.2) is 14.4 Å². The second kappa shape index (κ2) is 8.42. The molecule has 0 saturated heterocycles. The molecule has 0 atom stereocenters. The molecule has 1 N–H and O–H groups in total. The average molecular weight is 423 g/mol. The van der Waals surface area contributed by atoms with Crippen molar-refractivity contribution in [2.24, 2.45) is 4.99 Å². The van der Waals surface area contributed by atoms with E-state index < -0.39 is 11.7 Å². The molecule has 8 heteroatoms. The van der Waals surface area contributed by atoms with Crippen LogP contribution in [-0.2, 0) is 9.59 Å². The highest BCUT2D eigenvalue weighted by atomic mass is 35.5. The average Bonchev–Trinajstić information content (AvgIpc) is 2.87. The number of carbonyl (C=O) groups is 2. The number of hydrogen-bond acceptors (Lipinski definition) is 4. The third-order valence-electron chi connectivity index (χ3n) is 4.48. The van der Waals surface area contributed by atoms with Crippen molar-refractivity contribution in [1.29, 1.82) is 0 Å². The zero-order valence-electron chi connectivity index (χ0n) is 15.7. The Morgan fingerprint density at radius 2 is 1.93 bits per heavy atom. The van der Waals surface area contributed by atoms with Crippen molar-refractivity contribution < 1.29 is 14.0 Å². The van der Waals surface area contributed by atoms with Gasteiger partial charge in [-0.3, -0.25) is 14.5 Å². The van der Waals surface area contributed by atoms with E-state index in [2.05, 4.69) is 15.3 Å². The molecule has 6 nitrogen and oxygen atoms in total. The second-order valence-corrected chi connectivity index (χ2v) is 7.06. The van der Waals surface area contributed by atoms with E-state index in [0.717, 1.165) is 5.56 Å². The minimum atomic E-state index is -0.433. The molecule has 1 aliphatic heterocycles. The predicted molar refractivity (Wildman–Crippen MR) is 114 cm³/mol. The second-order valence-electron chi connectivity index (χ2n) is 6.63. The van der Waals surface area contributed by atoms with Crippen molar-refractivity contribution in [2.75, 3.05) is 16.8 Å². The van der Waals surface area contributed by atoms with E-state index in [1.807, 2.05) is 6.07 Å². The quantitative estimate of drug-likeness (QED) is 0.678. The highest BCUT2D eigenvalue weighted by molar-refractivity contribution is 6.31. The van der Waals surface area contributed by atoms with Gasteiger partial charge in [0.15, 0.2) is 5.82 Å². The first-order chi connectivity index (χ1) is 14.5. The number of nitrogens with zero attached hydrogens (tertiary/aromatic N) is 3. The summed E-state index contributed by atoms with van der Waals surface area (Å²) in [7, 11) is 0. The number of carbonyl (C=O) groups excluding carboxylic acids is 2. The number of aliphatic imine (C=N–C) groups is 1. The van der Waals surface area contributed by atoms with Crippen LogP contribution in [0.3, 0.4) is 0 Å². The summed E-state index contributed by atoms with van der Waals surface area (Å²) in [4.78, 5) is 35.8. The van der Waals surface area contributed by atoms with Crippen molar-refractivity contribution in [3.05, 3.63) is 83.3 Å². The number of nitrogens with one attached hydrogen (secondary N) is 1. The molecule has 0 spiro atoms. The smallest absolute Gasteiger partial charge is 0.244 e. The van der Waals surface area contributed by atoms with Crippen molar-refractivity contribution in [1.82, 2.24) is 4.98 Å². The molecule has 150 valence electrons. The minimum Gasteiger partial charge on any atom is -0.325 e. The Morgan fingerprint density at radius 3 is 2.70 bits per heavy atom. The monoisotopic (exact) mass is 422 g/mol. The Kier molecular flexibility index (Phi) is 5.54. The molecule has 0 aliphatic carbocycles. The summed E-state index contributed by atoms with van der Waals surface area (Å²) in [6.07, 6.45) is 1.53. The number of halogens is 2. The lowest BCUT2D eigenvalue weighted by molar-refractivity contribution is -0.120. The van der Waals surface area contributed by atoms with Crippen LogP contribution in [0, 0.1) is 5.82 Å². The van der Waals surface area contributed by atoms with Gasteiger partial charge in [0.05, 0.1) is 12.1 Å². The number of benzene rings is 2. The van der Waals surface area contributed by atoms with Crippen LogP contribution in [-0.4, -0.2) is 29.1 Å². The fourth-order valence-corrected chi connectivity index (χ4v) is 3.29. The van der Waals surface area contributed by atoms with Gasteiger partial charge in [0.2, 0.25) is 11.8 Å². The van der Waals surface area contributed by atoms with Crippen LogP contribution in [0.15, 0.2) is 71.9 Å².